The summed E-state index contributed by atoms with van der Waals surface area (Å²) < 4.78 is 0. The van der Waals surface area contributed by atoms with E-state index in [1.807, 2.05) is 36.7 Å². The molecule has 0 saturated carbocycles. The van der Waals surface area contributed by atoms with Crippen LogP contribution in [0.1, 0.15) is 11.3 Å². The molecule has 0 unspecified atom stereocenters. The lowest BCUT2D eigenvalue weighted by Crippen LogP contribution is -2.02. The number of rotatable bonds is 3. The van der Waals surface area contributed by atoms with Gasteiger partial charge in [0.1, 0.15) is 0 Å². The largest absolute Gasteiger partial charge is 0.379 e. The van der Waals surface area contributed by atoms with Gasteiger partial charge in [-0.25, -0.2) is 0 Å². The van der Waals surface area contributed by atoms with Crippen LogP contribution in [0.5, 0.6) is 0 Å². The lowest BCUT2D eigenvalue weighted by molar-refractivity contribution is 1.05. The predicted octanol–water partition coefficient (Wildman–Crippen LogP) is 3.55. The average molecular weight is 249 g/mol. The van der Waals surface area contributed by atoms with Gasteiger partial charge in [0.2, 0.25) is 0 Å². The minimum Gasteiger partial charge on any atom is -0.379 e. The second kappa shape index (κ2) is 5.06. The SMILES string of the molecule is Cc1ccc2nccc(NCc3ccccn3)c2c1. The number of benzene rings is 1. The summed E-state index contributed by atoms with van der Waals surface area (Å²) in [5, 5.41) is 4.58. The summed E-state index contributed by atoms with van der Waals surface area (Å²) in [4.78, 5) is 8.70. The van der Waals surface area contributed by atoms with E-state index in [1.165, 1.54) is 5.56 Å². The van der Waals surface area contributed by atoms with Crippen molar-refractivity contribution in [2.24, 2.45) is 0 Å². The topological polar surface area (TPSA) is 37.8 Å². The first-order valence-electron chi connectivity index (χ1n) is 6.32. The van der Waals surface area contributed by atoms with E-state index in [0.29, 0.717) is 6.54 Å². The second-order valence-electron chi connectivity index (χ2n) is 4.55. The highest BCUT2D eigenvalue weighted by atomic mass is 14.9. The molecule has 1 aromatic carbocycles. The summed E-state index contributed by atoms with van der Waals surface area (Å²) in [5.74, 6) is 0. The van der Waals surface area contributed by atoms with Crippen LogP contribution >= 0.6 is 0 Å². The predicted molar refractivity (Wildman–Crippen MR) is 78.0 cm³/mol. The van der Waals surface area contributed by atoms with Crippen molar-refractivity contribution in [1.29, 1.82) is 0 Å². The minimum absolute atomic E-state index is 0.716. The van der Waals surface area contributed by atoms with Gasteiger partial charge in [-0.2, -0.15) is 0 Å². The normalized spacial score (nSPS) is 10.6. The molecule has 3 nitrogen and oxygen atoms in total. The van der Waals surface area contributed by atoms with Crippen LogP contribution in [0, 0.1) is 6.92 Å². The summed E-state index contributed by atoms with van der Waals surface area (Å²) in [6, 6.07) is 14.2. The molecule has 19 heavy (non-hydrogen) atoms. The Morgan fingerprint density at radius 2 is 1.95 bits per heavy atom. The van der Waals surface area contributed by atoms with Crippen LogP contribution in [0.3, 0.4) is 0 Å². The maximum absolute atomic E-state index is 4.38. The molecule has 0 atom stereocenters. The first-order valence-corrected chi connectivity index (χ1v) is 6.32. The first-order chi connectivity index (χ1) is 9.33. The molecule has 0 aliphatic heterocycles. The molecule has 0 aliphatic rings. The third kappa shape index (κ3) is 2.55. The highest BCUT2D eigenvalue weighted by Crippen LogP contribution is 2.22. The summed E-state index contributed by atoms with van der Waals surface area (Å²) in [6.07, 6.45) is 3.64. The summed E-state index contributed by atoms with van der Waals surface area (Å²) in [7, 11) is 0. The van der Waals surface area contributed by atoms with E-state index in [9.17, 15) is 0 Å². The van der Waals surface area contributed by atoms with Crippen LogP contribution in [-0.4, -0.2) is 9.97 Å². The number of nitrogens with zero attached hydrogens (tertiary/aromatic N) is 2. The van der Waals surface area contributed by atoms with Crippen molar-refractivity contribution in [2.75, 3.05) is 5.32 Å². The number of pyridine rings is 2. The van der Waals surface area contributed by atoms with Crippen LogP contribution in [0.2, 0.25) is 0 Å². The van der Waals surface area contributed by atoms with Crippen LogP contribution in [0.25, 0.3) is 10.9 Å². The molecule has 3 aromatic rings. The van der Waals surface area contributed by atoms with Gasteiger partial charge in [0, 0.05) is 23.5 Å². The number of hydrogen-bond acceptors (Lipinski definition) is 3. The van der Waals surface area contributed by atoms with Crippen LogP contribution in [-0.2, 0) is 6.54 Å². The third-order valence-corrected chi connectivity index (χ3v) is 3.08. The van der Waals surface area contributed by atoms with Gasteiger partial charge >= 0.3 is 0 Å². The van der Waals surface area contributed by atoms with Crippen molar-refractivity contribution in [3.05, 3.63) is 66.1 Å². The minimum atomic E-state index is 0.716. The van der Waals surface area contributed by atoms with Crippen LogP contribution in [0.4, 0.5) is 5.69 Å². The van der Waals surface area contributed by atoms with Crippen molar-refractivity contribution >= 4 is 16.6 Å². The molecule has 2 heterocycles. The molecule has 94 valence electrons. The van der Waals surface area contributed by atoms with Crippen molar-refractivity contribution in [1.82, 2.24) is 9.97 Å². The molecule has 3 heteroatoms. The number of aryl methyl sites for hydroxylation is 1. The molecule has 0 saturated heterocycles. The van der Waals surface area contributed by atoms with Gasteiger partial charge in [-0.15, -0.1) is 0 Å². The van der Waals surface area contributed by atoms with Gasteiger partial charge in [0.15, 0.2) is 0 Å². The van der Waals surface area contributed by atoms with Gasteiger partial charge in [-0.05, 0) is 37.3 Å². The summed E-state index contributed by atoms with van der Waals surface area (Å²) in [5.41, 5.74) is 4.37. The second-order valence-corrected chi connectivity index (χ2v) is 4.55. The van der Waals surface area contributed by atoms with Gasteiger partial charge in [0.05, 0.1) is 17.8 Å². The molecule has 3 rings (SSSR count). The monoisotopic (exact) mass is 249 g/mol. The number of hydrogen-bond donors (Lipinski definition) is 1. The van der Waals surface area contributed by atoms with Gasteiger partial charge in [-0.1, -0.05) is 17.7 Å². The van der Waals surface area contributed by atoms with E-state index in [1.54, 1.807) is 0 Å². The quantitative estimate of drug-likeness (QED) is 0.771. The Bertz CT molecular complexity index is 693. The molecular weight excluding hydrogens is 234 g/mol. The Morgan fingerprint density at radius 1 is 1.00 bits per heavy atom. The van der Waals surface area contributed by atoms with Crippen molar-refractivity contribution < 1.29 is 0 Å². The molecule has 0 aliphatic carbocycles. The Balaban J connectivity index is 1.90. The fourth-order valence-corrected chi connectivity index (χ4v) is 2.10. The zero-order valence-electron chi connectivity index (χ0n) is 10.8. The summed E-state index contributed by atoms with van der Waals surface area (Å²) in [6.45, 7) is 2.81. The lowest BCUT2D eigenvalue weighted by Gasteiger charge is -2.09. The molecule has 0 spiro atoms. The smallest absolute Gasteiger partial charge is 0.0722 e. The van der Waals surface area contributed by atoms with E-state index >= 15 is 0 Å². The molecule has 1 N–H and O–H groups in total. The van der Waals surface area contributed by atoms with Crippen molar-refractivity contribution in [3.8, 4) is 0 Å². The Kier molecular flexibility index (Phi) is 3.11. The number of anilines is 1. The van der Waals surface area contributed by atoms with Crippen LogP contribution < -0.4 is 5.32 Å². The maximum Gasteiger partial charge on any atom is 0.0722 e. The van der Waals surface area contributed by atoms with E-state index < -0.39 is 0 Å². The fourth-order valence-electron chi connectivity index (χ4n) is 2.10. The molecule has 0 amide bonds. The summed E-state index contributed by atoms with van der Waals surface area (Å²) >= 11 is 0. The molecule has 0 bridgehead atoms. The van der Waals surface area contributed by atoms with Crippen LogP contribution in [0.15, 0.2) is 54.9 Å². The fraction of sp³-hybridized carbons (Fsp3) is 0.125. The number of nitrogens with one attached hydrogen (secondary N) is 1. The first kappa shape index (κ1) is 11.7. The molecule has 2 aromatic heterocycles. The van der Waals surface area contributed by atoms with Gasteiger partial charge in [0.25, 0.3) is 0 Å². The van der Waals surface area contributed by atoms with E-state index in [-0.39, 0.29) is 0 Å². The van der Waals surface area contributed by atoms with Crippen molar-refractivity contribution in [2.45, 2.75) is 13.5 Å². The Morgan fingerprint density at radius 3 is 2.79 bits per heavy atom. The number of aromatic nitrogens is 2. The highest BCUT2D eigenvalue weighted by molar-refractivity contribution is 5.91. The van der Waals surface area contributed by atoms with Gasteiger partial charge < -0.3 is 5.32 Å². The molecule has 0 radical (unpaired) electrons. The lowest BCUT2D eigenvalue weighted by atomic mass is 10.1. The Labute approximate surface area is 112 Å². The van der Waals surface area contributed by atoms with E-state index in [4.69, 9.17) is 0 Å². The average Bonchev–Trinajstić information content (AvgIpc) is 2.46. The molecular formula is C16H15N3. The number of fused-ring (bicyclic) bond motifs is 1. The maximum atomic E-state index is 4.38. The molecule has 0 fully saturated rings. The van der Waals surface area contributed by atoms with Crippen molar-refractivity contribution in [3.63, 3.8) is 0 Å². The highest BCUT2D eigenvalue weighted by Gasteiger charge is 2.02. The third-order valence-electron chi connectivity index (χ3n) is 3.08. The zero-order chi connectivity index (χ0) is 13.1. The van der Waals surface area contributed by atoms with E-state index in [0.717, 1.165) is 22.3 Å². The van der Waals surface area contributed by atoms with Gasteiger partial charge in [-0.3, -0.25) is 9.97 Å². The Hall–Kier alpha value is -2.42. The van der Waals surface area contributed by atoms with E-state index in [2.05, 4.69) is 40.4 Å². The zero-order valence-corrected chi connectivity index (χ0v) is 10.8. The standard InChI is InChI=1S/C16H15N3/c1-12-5-6-15-14(10-12)16(7-9-18-15)19-11-13-4-2-3-8-17-13/h2-10H,11H2,1H3,(H,18,19).